The van der Waals surface area contributed by atoms with Gasteiger partial charge in [-0.2, -0.15) is 0 Å². The van der Waals surface area contributed by atoms with E-state index in [9.17, 15) is 19.7 Å². The van der Waals surface area contributed by atoms with Crippen LogP contribution >= 0.6 is 0 Å². The van der Waals surface area contributed by atoms with Gasteiger partial charge in [0.05, 0.1) is 10.5 Å². The van der Waals surface area contributed by atoms with E-state index in [1.54, 1.807) is 18.2 Å². The zero-order valence-electron chi connectivity index (χ0n) is 18.2. The predicted octanol–water partition coefficient (Wildman–Crippen LogP) is 5.02. The largest absolute Gasteiger partial charge is 0.451 e. The summed E-state index contributed by atoms with van der Waals surface area (Å²) in [6.07, 6.45) is 3.19. The van der Waals surface area contributed by atoms with Crippen molar-refractivity contribution in [2.75, 3.05) is 18.0 Å². The van der Waals surface area contributed by atoms with Gasteiger partial charge in [0.2, 0.25) is 5.78 Å². The topological polar surface area (TPSA) is 89.8 Å². The van der Waals surface area contributed by atoms with E-state index in [1.807, 2.05) is 24.8 Å². The van der Waals surface area contributed by atoms with Crippen molar-refractivity contribution in [3.8, 4) is 0 Å². The Morgan fingerprint density at radius 2 is 1.61 bits per heavy atom. The normalized spacial score (nSPS) is 15.1. The van der Waals surface area contributed by atoms with Gasteiger partial charge in [0.25, 0.3) is 5.69 Å². The average molecular weight is 424 g/mol. The summed E-state index contributed by atoms with van der Waals surface area (Å²) >= 11 is 0. The van der Waals surface area contributed by atoms with Gasteiger partial charge in [-0.15, -0.1) is 0 Å². The molecule has 164 valence electrons. The Morgan fingerprint density at radius 3 is 2.23 bits per heavy atom. The SMILES string of the molecule is Cc1ccc(C(=O)[C@H](C)OC(=O)c2ccc(N3CCCCCC3)c([N+](=O)[O-])c2)cc1C. The molecule has 0 amide bonds. The van der Waals surface area contributed by atoms with E-state index in [2.05, 4.69) is 0 Å². The molecule has 0 bridgehead atoms. The molecule has 7 nitrogen and oxygen atoms in total. The van der Waals surface area contributed by atoms with Crippen molar-refractivity contribution in [1.29, 1.82) is 0 Å². The Labute approximate surface area is 182 Å². The quantitative estimate of drug-likeness (QED) is 0.280. The number of benzene rings is 2. The van der Waals surface area contributed by atoms with Crippen molar-refractivity contribution >= 4 is 23.1 Å². The van der Waals surface area contributed by atoms with Crippen LogP contribution in [-0.2, 0) is 4.74 Å². The first-order valence-corrected chi connectivity index (χ1v) is 10.6. The molecule has 31 heavy (non-hydrogen) atoms. The number of anilines is 1. The molecule has 0 spiro atoms. The summed E-state index contributed by atoms with van der Waals surface area (Å²) in [6.45, 7) is 6.89. The highest BCUT2D eigenvalue weighted by atomic mass is 16.6. The number of carbonyl (C=O) groups excluding carboxylic acids is 2. The Morgan fingerprint density at radius 1 is 0.968 bits per heavy atom. The second-order valence-electron chi connectivity index (χ2n) is 8.07. The van der Waals surface area contributed by atoms with Gasteiger partial charge in [-0.1, -0.05) is 25.0 Å². The van der Waals surface area contributed by atoms with Gasteiger partial charge in [0.15, 0.2) is 6.10 Å². The van der Waals surface area contributed by atoms with Crippen LogP contribution in [0, 0.1) is 24.0 Å². The van der Waals surface area contributed by atoms with Crippen molar-refractivity contribution in [1.82, 2.24) is 0 Å². The second kappa shape index (κ2) is 9.73. The summed E-state index contributed by atoms with van der Waals surface area (Å²) in [7, 11) is 0. The molecule has 7 heteroatoms. The van der Waals surface area contributed by atoms with Gasteiger partial charge in [-0.05, 0) is 62.9 Å². The molecule has 1 fully saturated rings. The van der Waals surface area contributed by atoms with Crippen LogP contribution in [0.4, 0.5) is 11.4 Å². The highest BCUT2D eigenvalue weighted by Gasteiger charge is 2.25. The van der Waals surface area contributed by atoms with E-state index in [1.165, 1.54) is 19.1 Å². The average Bonchev–Trinajstić information content (AvgIpc) is 3.04. The molecule has 2 aromatic carbocycles. The lowest BCUT2D eigenvalue weighted by atomic mass is 10.0. The number of esters is 1. The molecule has 0 unspecified atom stereocenters. The molecular weight excluding hydrogens is 396 g/mol. The molecule has 0 radical (unpaired) electrons. The number of Topliss-reactive ketones (excluding diaryl/α,β-unsaturated/α-hetero) is 1. The molecule has 3 rings (SSSR count). The van der Waals surface area contributed by atoms with Crippen molar-refractivity contribution in [2.45, 2.75) is 52.6 Å². The molecule has 0 aliphatic carbocycles. The van der Waals surface area contributed by atoms with E-state index in [0.717, 1.165) is 49.9 Å². The molecule has 1 saturated heterocycles. The smallest absolute Gasteiger partial charge is 0.339 e. The summed E-state index contributed by atoms with van der Waals surface area (Å²) in [5.41, 5.74) is 2.96. The fraction of sp³-hybridized carbons (Fsp3) is 0.417. The summed E-state index contributed by atoms with van der Waals surface area (Å²) < 4.78 is 5.34. The highest BCUT2D eigenvalue weighted by molar-refractivity contribution is 6.01. The standard InChI is InChI=1S/C24H28N2O5/c1-16-8-9-19(14-17(16)2)23(27)18(3)31-24(28)20-10-11-21(22(15-20)26(29)30)25-12-6-4-5-7-13-25/h8-11,14-15,18H,4-7,12-13H2,1-3H3/t18-/m0/s1. The summed E-state index contributed by atoms with van der Waals surface area (Å²) in [4.78, 5) is 38.5. The van der Waals surface area contributed by atoms with Crippen LogP contribution in [0.15, 0.2) is 36.4 Å². The molecule has 0 saturated carbocycles. The van der Waals surface area contributed by atoms with Gasteiger partial charge in [-0.3, -0.25) is 14.9 Å². The van der Waals surface area contributed by atoms with Crippen LogP contribution in [0.2, 0.25) is 0 Å². The summed E-state index contributed by atoms with van der Waals surface area (Å²) in [6, 6.07) is 9.70. The molecule has 0 N–H and O–H groups in total. The van der Waals surface area contributed by atoms with Gasteiger partial charge in [0, 0.05) is 24.7 Å². The number of nitro benzene ring substituents is 1. The summed E-state index contributed by atoms with van der Waals surface area (Å²) in [5, 5.41) is 11.7. The van der Waals surface area contributed by atoms with E-state index in [-0.39, 0.29) is 17.0 Å². The molecule has 1 aliphatic rings. The maximum absolute atomic E-state index is 12.7. The Bertz CT molecular complexity index is 993. The second-order valence-corrected chi connectivity index (χ2v) is 8.07. The number of ketones is 1. The Kier molecular flexibility index (Phi) is 7.05. The van der Waals surface area contributed by atoms with Crippen LogP contribution in [0.3, 0.4) is 0 Å². The van der Waals surface area contributed by atoms with Gasteiger partial charge < -0.3 is 9.64 Å². The lowest BCUT2D eigenvalue weighted by Crippen LogP contribution is -2.26. The van der Waals surface area contributed by atoms with Crippen molar-refractivity contribution in [3.63, 3.8) is 0 Å². The van der Waals surface area contributed by atoms with E-state index >= 15 is 0 Å². The molecule has 1 heterocycles. The minimum atomic E-state index is -1.00. The lowest BCUT2D eigenvalue weighted by Gasteiger charge is -2.22. The fourth-order valence-electron chi connectivity index (χ4n) is 3.79. The molecule has 0 aromatic heterocycles. The third kappa shape index (κ3) is 5.29. The van der Waals surface area contributed by atoms with Crippen LogP contribution < -0.4 is 4.90 Å². The fourth-order valence-corrected chi connectivity index (χ4v) is 3.79. The molecule has 2 aromatic rings. The number of aryl methyl sites for hydroxylation is 2. The third-order valence-electron chi connectivity index (χ3n) is 5.80. The van der Waals surface area contributed by atoms with E-state index < -0.39 is 17.0 Å². The molecular formula is C24H28N2O5. The van der Waals surface area contributed by atoms with Crippen LogP contribution in [-0.4, -0.2) is 35.9 Å². The van der Waals surface area contributed by atoms with E-state index in [0.29, 0.717) is 11.3 Å². The summed E-state index contributed by atoms with van der Waals surface area (Å²) in [5.74, 6) is -1.07. The lowest BCUT2D eigenvalue weighted by molar-refractivity contribution is -0.384. The molecule has 1 atom stereocenters. The monoisotopic (exact) mass is 424 g/mol. The number of rotatable bonds is 6. The van der Waals surface area contributed by atoms with Crippen LogP contribution in [0.1, 0.15) is 64.4 Å². The minimum absolute atomic E-state index is 0.0602. The van der Waals surface area contributed by atoms with Gasteiger partial charge in [-0.25, -0.2) is 4.79 Å². The number of nitrogens with zero attached hydrogens (tertiary/aromatic N) is 2. The van der Waals surface area contributed by atoms with Crippen molar-refractivity contribution in [2.24, 2.45) is 0 Å². The number of hydrogen-bond donors (Lipinski definition) is 0. The van der Waals surface area contributed by atoms with Crippen LogP contribution in [0.5, 0.6) is 0 Å². The zero-order chi connectivity index (χ0) is 22.5. The van der Waals surface area contributed by atoms with Crippen LogP contribution in [0.25, 0.3) is 0 Å². The number of ether oxygens (including phenoxy) is 1. The highest BCUT2D eigenvalue weighted by Crippen LogP contribution is 2.31. The first-order valence-electron chi connectivity index (χ1n) is 10.6. The zero-order valence-corrected chi connectivity index (χ0v) is 18.2. The maximum atomic E-state index is 12.7. The molecule has 1 aliphatic heterocycles. The van der Waals surface area contributed by atoms with Crippen molar-refractivity contribution < 1.29 is 19.2 Å². The first kappa shape index (κ1) is 22.5. The minimum Gasteiger partial charge on any atom is -0.451 e. The van der Waals surface area contributed by atoms with E-state index in [4.69, 9.17) is 4.74 Å². The Hall–Kier alpha value is -3.22. The van der Waals surface area contributed by atoms with Gasteiger partial charge in [0.1, 0.15) is 5.69 Å². The first-order chi connectivity index (χ1) is 14.8. The van der Waals surface area contributed by atoms with Crippen molar-refractivity contribution in [3.05, 3.63) is 68.8 Å². The number of nitro groups is 1. The van der Waals surface area contributed by atoms with Gasteiger partial charge >= 0.3 is 5.97 Å². The number of hydrogen-bond acceptors (Lipinski definition) is 6. The maximum Gasteiger partial charge on any atom is 0.339 e. The number of carbonyl (C=O) groups is 2. The Balaban J connectivity index is 1.77. The predicted molar refractivity (Wildman–Crippen MR) is 119 cm³/mol. The third-order valence-corrected chi connectivity index (χ3v) is 5.80.